The number of hydrogen-bond acceptors (Lipinski definition) is 3. The highest BCUT2D eigenvalue weighted by Crippen LogP contribution is 1.94. The van der Waals surface area contributed by atoms with Gasteiger partial charge >= 0.3 is 5.97 Å². The van der Waals surface area contributed by atoms with Gasteiger partial charge in [-0.3, -0.25) is 4.79 Å². The van der Waals surface area contributed by atoms with Crippen LogP contribution >= 0.6 is 11.8 Å². The number of aliphatic carboxylic acids is 1. The molecule has 0 atom stereocenters. The van der Waals surface area contributed by atoms with Crippen LogP contribution in [0.4, 0.5) is 0 Å². The summed E-state index contributed by atoms with van der Waals surface area (Å²) in [5.74, 6) is -1.10. The number of carboxylic acid groups (broad SMARTS) is 1. The first-order valence-corrected chi connectivity index (χ1v) is 3.38. The Morgan fingerprint density at radius 1 is 1.44 bits per heavy atom. The normalized spacial score (nSPS) is 9.89. The lowest BCUT2D eigenvalue weighted by molar-refractivity contribution is -0.131. The molecule has 0 rings (SSSR count). The van der Waals surface area contributed by atoms with E-state index in [-0.39, 0.29) is 5.12 Å². The first kappa shape index (κ1) is 8.23. The second-order valence-electron chi connectivity index (χ2n) is 1.19. The molecule has 0 bridgehead atoms. The number of carbonyl (C=O) groups excluding carboxylic acids is 1. The van der Waals surface area contributed by atoms with Crippen LogP contribution < -0.4 is 0 Å². The highest BCUT2D eigenvalue weighted by Gasteiger charge is 1.91. The third kappa shape index (κ3) is 5.10. The minimum absolute atomic E-state index is 0.252. The van der Waals surface area contributed by atoms with Crippen molar-refractivity contribution in [1.82, 2.24) is 0 Å². The molecule has 3 nitrogen and oxygen atoms in total. The van der Waals surface area contributed by atoms with Gasteiger partial charge in [0.2, 0.25) is 5.12 Å². The van der Waals surface area contributed by atoms with Crippen molar-refractivity contribution in [1.29, 1.82) is 0 Å². The molecule has 0 saturated carbocycles. The van der Waals surface area contributed by atoms with Crippen molar-refractivity contribution in [3.8, 4) is 0 Å². The predicted molar refractivity (Wildman–Crippen MR) is 35.3 cm³/mol. The van der Waals surface area contributed by atoms with Crippen molar-refractivity contribution in [3.63, 3.8) is 0 Å². The van der Waals surface area contributed by atoms with Gasteiger partial charge in [0.1, 0.15) is 0 Å². The summed E-state index contributed by atoms with van der Waals surface area (Å²) in [6.45, 7) is 0. The van der Waals surface area contributed by atoms with Gasteiger partial charge in [-0.2, -0.15) is 0 Å². The Morgan fingerprint density at radius 2 is 2.00 bits per heavy atom. The van der Waals surface area contributed by atoms with Gasteiger partial charge < -0.3 is 5.11 Å². The molecule has 0 heterocycles. The van der Waals surface area contributed by atoms with Crippen LogP contribution in [-0.4, -0.2) is 22.4 Å². The second-order valence-corrected chi connectivity index (χ2v) is 2.01. The molecule has 0 unspecified atom stereocenters. The maximum Gasteiger partial charge on any atom is 0.328 e. The molecule has 4 heteroatoms. The Balaban J connectivity index is 3.71. The summed E-state index contributed by atoms with van der Waals surface area (Å²) < 4.78 is 0. The molecule has 0 aromatic rings. The van der Waals surface area contributed by atoms with E-state index in [1.54, 1.807) is 6.26 Å². The second kappa shape index (κ2) is 4.14. The molecule has 0 spiro atoms. The maximum absolute atomic E-state index is 10.3. The highest BCUT2D eigenvalue weighted by molar-refractivity contribution is 8.13. The SMILES string of the molecule is CSC(=O)C=CC(=O)O. The Morgan fingerprint density at radius 3 is 2.33 bits per heavy atom. The molecule has 0 aliphatic rings. The van der Waals surface area contributed by atoms with Crippen molar-refractivity contribution >= 4 is 22.8 Å². The van der Waals surface area contributed by atoms with E-state index in [0.717, 1.165) is 23.9 Å². The summed E-state index contributed by atoms with van der Waals surface area (Å²) >= 11 is 0.978. The van der Waals surface area contributed by atoms with Gasteiger partial charge in [-0.25, -0.2) is 4.79 Å². The lowest BCUT2D eigenvalue weighted by atomic mass is 10.5. The average molecular weight is 146 g/mol. The number of carbonyl (C=O) groups is 2. The number of thioether (sulfide) groups is 1. The van der Waals surface area contributed by atoms with E-state index in [0.29, 0.717) is 0 Å². The fourth-order valence-electron chi connectivity index (χ4n) is 0.207. The van der Waals surface area contributed by atoms with Crippen LogP contribution in [-0.2, 0) is 9.59 Å². The van der Waals surface area contributed by atoms with Gasteiger partial charge in [0, 0.05) is 6.08 Å². The standard InChI is InChI=1S/C5H6O3S/c1-9-5(8)3-2-4(6)7/h2-3H,1H3,(H,6,7). The van der Waals surface area contributed by atoms with E-state index in [1.165, 1.54) is 0 Å². The Labute approximate surface area is 56.7 Å². The van der Waals surface area contributed by atoms with Crippen molar-refractivity contribution in [2.45, 2.75) is 0 Å². The zero-order chi connectivity index (χ0) is 7.28. The molecular weight excluding hydrogens is 140 g/mol. The molecule has 0 radical (unpaired) electrons. The molecule has 0 aliphatic heterocycles. The number of carboxylic acids is 1. The Hall–Kier alpha value is -0.770. The molecule has 0 aromatic heterocycles. The summed E-state index contributed by atoms with van der Waals surface area (Å²) in [7, 11) is 0. The topological polar surface area (TPSA) is 54.4 Å². The molecule has 0 aliphatic carbocycles. The van der Waals surface area contributed by atoms with Crippen molar-refractivity contribution < 1.29 is 14.7 Å². The zero-order valence-corrected chi connectivity index (χ0v) is 5.64. The fourth-order valence-corrected chi connectivity index (χ4v) is 0.411. The van der Waals surface area contributed by atoms with Crippen LogP contribution in [0.5, 0.6) is 0 Å². The van der Waals surface area contributed by atoms with Crippen molar-refractivity contribution in [2.75, 3.05) is 6.26 Å². The van der Waals surface area contributed by atoms with E-state index >= 15 is 0 Å². The first-order chi connectivity index (χ1) is 4.16. The predicted octanol–water partition coefficient (Wildman–Crippen LogP) is 0.517. The van der Waals surface area contributed by atoms with Crippen molar-refractivity contribution in [3.05, 3.63) is 12.2 Å². The summed E-state index contributed by atoms with van der Waals surface area (Å²) in [5.41, 5.74) is 0. The summed E-state index contributed by atoms with van der Waals surface area (Å²) in [6.07, 6.45) is 3.43. The van der Waals surface area contributed by atoms with Gasteiger partial charge in [-0.15, -0.1) is 0 Å². The van der Waals surface area contributed by atoms with Crippen LogP contribution in [0.1, 0.15) is 0 Å². The Kier molecular flexibility index (Phi) is 3.79. The lowest BCUT2D eigenvalue weighted by Crippen LogP contribution is -1.89. The van der Waals surface area contributed by atoms with Gasteiger partial charge in [-0.1, -0.05) is 11.8 Å². The summed E-state index contributed by atoms with van der Waals surface area (Å²) in [6, 6.07) is 0. The van der Waals surface area contributed by atoms with Crippen LogP contribution in [0.3, 0.4) is 0 Å². The maximum atomic E-state index is 10.3. The quantitative estimate of drug-likeness (QED) is 0.577. The number of hydrogen-bond donors (Lipinski definition) is 1. The van der Waals surface area contributed by atoms with Crippen LogP contribution in [0.15, 0.2) is 12.2 Å². The third-order valence-corrected chi connectivity index (χ3v) is 1.10. The Bertz CT molecular complexity index is 150. The van der Waals surface area contributed by atoms with E-state index in [4.69, 9.17) is 5.11 Å². The molecule has 0 fully saturated rings. The van der Waals surface area contributed by atoms with E-state index < -0.39 is 5.97 Å². The van der Waals surface area contributed by atoms with Crippen LogP contribution in [0.25, 0.3) is 0 Å². The summed E-state index contributed by atoms with van der Waals surface area (Å²) in [5, 5.41) is 7.76. The molecule has 0 amide bonds. The lowest BCUT2D eigenvalue weighted by Gasteiger charge is -1.80. The molecule has 50 valence electrons. The molecule has 1 N–H and O–H groups in total. The van der Waals surface area contributed by atoms with Crippen molar-refractivity contribution in [2.24, 2.45) is 0 Å². The van der Waals surface area contributed by atoms with Crippen LogP contribution in [0.2, 0.25) is 0 Å². The highest BCUT2D eigenvalue weighted by atomic mass is 32.2. The minimum atomic E-state index is -1.10. The van der Waals surface area contributed by atoms with Gasteiger partial charge in [-0.05, 0) is 12.3 Å². The average Bonchev–Trinajstić information content (AvgIpc) is 1.83. The first-order valence-electron chi connectivity index (χ1n) is 2.15. The summed E-state index contributed by atoms with van der Waals surface area (Å²) in [4.78, 5) is 20.1. The van der Waals surface area contributed by atoms with Gasteiger partial charge in [0.25, 0.3) is 0 Å². The molecule has 0 aromatic carbocycles. The van der Waals surface area contributed by atoms with Gasteiger partial charge in [0.15, 0.2) is 0 Å². The van der Waals surface area contributed by atoms with Crippen LogP contribution in [0, 0.1) is 0 Å². The smallest absolute Gasteiger partial charge is 0.328 e. The minimum Gasteiger partial charge on any atom is -0.478 e. The van der Waals surface area contributed by atoms with E-state index in [1.807, 2.05) is 0 Å². The zero-order valence-electron chi connectivity index (χ0n) is 4.83. The fraction of sp³-hybridized carbons (Fsp3) is 0.200. The van der Waals surface area contributed by atoms with E-state index in [9.17, 15) is 9.59 Å². The van der Waals surface area contributed by atoms with E-state index in [2.05, 4.69) is 0 Å². The molecular formula is C5H6O3S. The third-order valence-electron chi connectivity index (χ3n) is 0.563. The molecule has 0 saturated heterocycles. The largest absolute Gasteiger partial charge is 0.478 e. The number of rotatable bonds is 2. The van der Waals surface area contributed by atoms with Gasteiger partial charge in [0.05, 0.1) is 0 Å². The molecule has 9 heavy (non-hydrogen) atoms. The monoisotopic (exact) mass is 146 g/mol.